The van der Waals surface area contributed by atoms with Crippen LogP contribution in [0, 0.1) is 0 Å². The van der Waals surface area contributed by atoms with Gasteiger partial charge in [-0.25, -0.2) is 15.6 Å². The van der Waals surface area contributed by atoms with Crippen LogP contribution in [0.25, 0.3) is 0 Å². The first kappa shape index (κ1) is 12.2. The van der Waals surface area contributed by atoms with Gasteiger partial charge in [0, 0.05) is 6.42 Å². The Labute approximate surface area is 83.6 Å². The minimum absolute atomic E-state index is 0.0144. The number of halogens is 3. The number of ether oxygens (including phenoxy) is 1. The molecule has 15 heavy (non-hydrogen) atoms. The Bertz CT molecular complexity index is 258. The molecule has 1 rings (SSSR count). The Hall–Kier alpha value is -0.860. The third-order valence-electron chi connectivity index (χ3n) is 1.96. The van der Waals surface area contributed by atoms with Crippen LogP contribution in [-0.2, 0) is 9.53 Å². The Morgan fingerprint density at radius 2 is 2.27 bits per heavy atom. The van der Waals surface area contributed by atoms with E-state index in [0.717, 1.165) is 0 Å². The van der Waals surface area contributed by atoms with E-state index in [1.54, 1.807) is 5.43 Å². The van der Waals surface area contributed by atoms with Gasteiger partial charge < -0.3 is 9.84 Å². The second-order valence-corrected chi connectivity index (χ2v) is 3.15. The van der Waals surface area contributed by atoms with Crippen LogP contribution in [0.15, 0.2) is 0 Å². The van der Waals surface area contributed by atoms with Crippen LogP contribution in [0.1, 0.15) is 13.3 Å². The van der Waals surface area contributed by atoms with Crippen LogP contribution in [0.3, 0.4) is 0 Å². The highest BCUT2D eigenvalue weighted by Gasteiger charge is 2.54. The Morgan fingerprint density at radius 3 is 2.67 bits per heavy atom. The molecular formula is C7H11F3N2O3. The fraction of sp³-hybridized carbons (Fsp3) is 0.857. The number of carbonyl (C=O) groups excluding carboxylic acids is 1. The molecule has 0 bridgehead atoms. The summed E-state index contributed by atoms with van der Waals surface area (Å²) in [4.78, 5) is 11.1. The highest BCUT2D eigenvalue weighted by molar-refractivity contribution is 5.79. The van der Waals surface area contributed by atoms with Gasteiger partial charge in [0.2, 0.25) is 5.72 Å². The fourth-order valence-corrected chi connectivity index (χ4v) is 1.19. The molecule has 0 radical (unpaired) electrons. The largest absolute Gasteiger partial charge is 0.463 e. The van der Waals surface area contributed by atoms with Crippen LogP contribution in [-0.4, -0.2) is 35.6 Å². The minimum Gasteiger partial charge on any atom is -0.463 e. The van der Waals surface area contributed by atoms with Gasteiger partial charge in [-0.2, -0.15) is 13.2 Å². The van der Waals surface area contributed by atoms with Crippen molar-refractivity contribution in [2.75, 3.05) is 6.61 Å². The SMILES string of the molecule is CCOC(=O)C1(O)CC(C(F)(F)F)NN1. The van der Waals surface area contributed by atoms with E-state index in [4.69, 9.17) is 0 Å². The van der Waals surface area contributed by atoms with Crippen LogP contribution in [0.2, 0.25) is 0 Å². The van der Waals surface area contributed by atoms with Gasteiger partial charge in [0.25, 0.3) is 0 Å². The average Bonchev–Trinajstić information content (AvgIpc) is 2.49. The average molecular weight is 228 g/mol. The second kappa shape index (κ2) is 3.95. The quantitative estimate of drug-likeness (QED) is 0.564. The Morgan fingerprint density at radius 1 is 1.67 bits per heavy atom. The van der Waals surface area contributed by atoms with Gasteiger partial charge in [-0.3, -0.25) is 0 Å². The van der Waals surface area contributed by atoms with Gasteiger partial charge in [0.15, 0.2) is 0 Å². The van der Waals surface area contributed by atoms with Crippen molar-refractivity contribution in [2.45, 2.75) is 31.3 Å². The third kappa shape index (κ3) is 2.58. The molecule has 1 aliphatic rings. The molecule has 2 unspecified atom stereocenters. The van der Waals surface area contributed by atoms with E-state index in [1.807, 2.05) is 5.43 Å². The molecule has 88 valence electrons. The van der Waals surface area contributed by atoms with Crippen molar-refractivity contribution in [1.82, 2.24) is 10.9 Å². The second-order valence-electron chi connectivity index (χ2n) is 3.15. The zero-order valence-electron chi connectivity index (χ0n) is 7.89. The predicted molar refractivity (Wildman–Crippen MR) is 42.3 cm³/mol. The number of rotatable bonds is 2. The maximum Gasteiger partial charge on any atom is 0.405 e. The molecule has 3 N–H and O–H groups in total. The molecule has 0 amide bonds. The highest BCUT2D eigenvalue weighted by Crippen LogP contribution is 2.29. The van der Waals surface area contributed by atoms with Crippen LogP contribution in [0.5, 0.6) is 0 Å². The number of nitrogens with one attached hydrogen (secondary N) is 2. The van der Waals surface area contributed by atoms with Crippen LogP contribution in [0.4, 0.5) is 13.2 Å². The van der Waals surface area contributed by atoms with Crippen molar-refractivity contribution in [2.24, 2.45) is 0 Å². The van der Waals surface area contributed by atoms with E-state index in [1.165, 1.54) is 6.92 Å². The number of carbonyl (C=O) groups is 1. The molecule has 0 aromatic carbocycles. The lowest BCUT2D eigenvalue weighted by molar-refractivity contribution is -0.171. The first-order valence-electron chi connectivity index (χ1n) is 4.28. The Kier molecular flexibility index (Phi) is 3.22. The molecule has 2 atom stereocenters. The molecule has 5 nitrogen and oxygen atoms in total. The topological polar surface area (TPSA) is 70.6 Å². The molecule has 1 aliphatic heterocycles. The molecule has 1 fully saturated rings. The number of hydrogen-bond donors (Lipinski definition) is 3. The van der Waals surface area contributed by atoms with Crippen molar-refractivity contribution < 1.29 is 27.8 Å². The lowest BCUT2D eigenvalue weighted by Crippen LogP contribution is -2.51. The molecule has 0 aromatic rings. The van der Waals surface area contributed by atoms with Crippen molar-refractivity contribution in [3.63, 3.8) is 0 Å². The third-order valence-corrected chi connectivity index (χ3v) is 1.96. The van der Waals surface area contributed by atoms with Gasteiger partial charge in [-0.15, -0.1) is 0 Å². The first-order valence-corrected chi connectivity index (χ1v) is 4.28. The van der Waals surface area contributed by atoms with Crippen LogP contribution >= 0.6 is 0 Å². The highest BCUT2D eigenvalue weighted by atomic mass is 19.4. The molecular weight excluding hydrogens is 217 g/mol. The van der Waals surface area contributed by atoms with Crippen molar-refractivity contribution in [3.05, 3.63) is 0 Å². The summed E-state index contributed by atoms with van der Waals surface area (Å²) in [6, 6.07) is -1.97. The van der Waals surface area contributed by atoms with Crippen LogP contribution < -0.4 is 10.9 Å². The maximum atomic E-state index is 12.2. The number of alkyl halides is 3. The lowest BCUT2D eigenvalue weighted by atomic mass is 10.1. The molecule has 1 saturated heterocycles. The zero-order chi connectivity index (χ0) is 11.7. The molecule has 0 saturated carbocycles. The standard InChI is InChI=1S/C7H11F3N2O3/c1-2-15-5(13)6(14)3-4(11-12-6)7(8,9)10/h4,11-12,14H,2-3H2,1H3. The summed E-state index contributed by atoms with van der Waals surface area (Å²) in [6.07, 6.45) is -5.33. The summed E-state index contributed by atoms with van der Waals surface area (Å²) < 4.78 is 41.0. The normalized spacial score (nSPS) is 31.7. The summed E-state index contributed by atoms with van der Waals surface area (Å²) in [5.74, 6) is -1.12. The van der Waals surface area contributed by atoms with E-state index in [-0.39, 0.29) is 6.61 Å². The number of hydrogen-bond acceptors (Lipinski definition) is 5. The predicted octanol–water partition coefficient (Wildman–Crippen LogP) is -0.333. The van der Waals surface area contributed by atoms with Crippen molar-refractivity contribution in [1.29, 1.82) is 0 Å². The minimum atomic E-state index is -4.52. The van der Waals surface area contributed by atoms with Gasteiger partial charge in [-0.05, 0) is 6.92 Å². The van der Waals surface area contributed by atoms with Crippen molar-refractivity contribution >= 4 is 5.97 Å². The lowest BCUT2D eigenvalue weighted by Gasteiger charge is -2.19. The van der Waals surface area contributed by atoms with E-state index in [0.29, 0.717) is 0 Å². The number of hydrazine groups is 1. The molecule has 0 aromatic heterocycles. The zero-order valence-corrected chi connectivity index (χ0v) is 7.89. The summed E-state index contributed by atoms with van der Waals surface area (Å²) in [6.45, 7) is 1.48. The molecule has 8 heteroatoms. The smallest absolute Gasteiger partial charge is 0.405 e. The number of aliphatic hydroxyl groups is 1. The van der Waals surface area contributed by atoms with Gasteiger partial charge in [0.05, 0.1) is 6.61 Å². The van der Waals surface area contributed by atoms with E-state index < -0.39 is 30.3 Å². The van der Waals surface area contributed by atoms with Gasteiger partial charge in [0.1, 0.15) is 6.04 Å². The van der Waals surface area contributed by atoms with Gasteiger partial charge >= 0.3 is 12.1 Å². The fourth-order valence-electron chi connectivity index (χ4n) is 1.19. The summed E-state index contributed by atoms with van der Waals surface area (Å²) in [7, 11) is 0. The summed E-state index contributed by atoms with van der Waals surface area (Å²) in [5, 5.41) is 9.48. The summed E-state index contributed by atoms with van der Waals surface area (Å²) >= 11 is 0. The molecule has 0 aliphatic carbocycles. The maximum absolute atomic E-state index is 12.2. The van der Waals surface area contributed by atoms with Gasteiger partial charge in [-0.1, -0.05) is 0 Å². The monoisotopic (exact) mass is 228 g/mol. The summed E-state index contributed by atoms with van der Waals surface area (Å²) in [5.41, 5.74) is 1.38. The molecule has 0 spiro atoms. The van der Waals surface area contributed by atoms with E-state index in [2.05, 4.69) is 4.74 Å². The molecule has 1 heterocycles. The number of esters is 1. The van der Waals surface area contributed by atoms with Crippen molar-refractivity contribution in [3.8, 4) is 0 Å². The Balaban J connectivity index is 2.65. The van der Waals surface area contributed by atoms with E-state index >= 15 is 0 Å². The first-order chi connectivity index (χ1) is 6.79. The van der Waals surface area contributed by atoms with E-state index in [9.17, 15) is 23.1 Å².